The Kier molecular flexibility index (Phi) is 8.82. The zero-order valence-corrected chi connectivity index (χ0v) is 23.2. The van der Waals surface area contributed by atoms with Gasteiger partial charge in [0.15, 0.2) is 11.0 Å². The van der Waals surface area contributed by atoms with E-state index in [0.29, 0.717) is 17.6 Å². The first-order chi connectivity index (χ1) is 19.2. The van der Waals surface area contributed by atoms with Gasteiger partial charge in [-0.25, -0.2) is 5.43 Å². The molecule has 1 N–H and O–H groups in total. The zero-order valence-electron chi connectivity index (χ0n) is 20.8. The molecule has 9 heteroatoms. The second kappa shape index (κ2) is 13.0. The minimum atomic E-state index is -0.250. The summed E-state index contributed by atoms with van der Waals surface area (Å²) in [5, 5.41) is 13.5. The van der Waals surface area contributed by atoms with Gasteiger partial charge in [0.1, 0.15) is 12.4 Å². The molecule has 4 aromatic carbocycles. The van der Waals surface area contributed by atoms with Gasteiger partial charge >= 0.3 is 0 Å². The first kappa shape index (κ1) is 26.4. The molecule has 1 heterocycles. The maximum Gasteiger partial charge on any atom is 0.250 e. The van der Waals surface area contributed by atoms with Crippen LogP contribution in [0.15, 0.2) is 124 Å². The minimum absolute atomic E-state index is 0.128. The fourth-order valence-corrected chi connectivity index (χ4v) is 4.73. The normalized spacial score (nSPS) is 11.0. The third-order valence-corrected chi connectivity index (χ3v) is 7.05. The number of nitrogens with zero attached hydrogens (tertiary/aromatic N) is 4. The second-order valence-corrected chi connectivity index (χ2v) is 10.3. The number of hydrazone groups is 1. The van der Waals surface area contributed by atoms with Crippen LogP contribution in [0.3, 0.4) is 0 Å². The van der Waals surface area contributed by atoms with Crippen LogP contribution in [-0.2, 0) is 11.4 Å². The second-order valence-electron chi connectivity index (χ2n) is 8.41. The summed E-state index contributed by atoms with van der Waals surface area (Å²) >= 11 is 4.77. The molecule has 194 valence electrons. The smallest absolute Gasteiger partial charge is 0.250 e. The number of aromatic nitrogens is 3. The predicted molar refractivity (Wildman–Crippen MR) is 158 cm³/mol. The number of hydrogen-bond acceptors (Lipinski definition) is 6. The van der Waals surface area contributed by atoms with Crippen molar-refractivity contribution in [3.8, 4) is 22.8 Å². The lowest BCUT2D eigenvalue weighted by Gasteiger charge is -2.10. The standard InChI is InChI=1S/C30H24BrN5O2S/c31-25-16-14-24(15-17-25)29-34-35-30(36(29)26-11-5-2-6-12-26)39-21-28(37)33-32-19-23-10-7-13-27(18-23)38-20-22-8-3-1-4-9-22/h1-19H,20-21H2,(H,33,37). The molecule has 5 rings (SSSR count). The summed E-state index contributed by atoms with van der Waals surface area (Å²) in [6.07, 6.45) is 1.59. The fourth-order valence-electron chi connectivity index (χ4n) is 3.73. The SMILES string of the molecule is O=C(CSc1nnc(-c2ccc(Br)cc2)n1-c1ccccc1)NN=Cc1cccc(OCc2ccccc2)c1. The molecule has 0 aliphatic rings. The van der Waals surface area contributed by atoms with Crippen molar-refractivity contribution in [2.75, 3.05) is 5.75 Å². The number of hydrogen-bond donors (Lipinski definition) is 1. The van der Waals surface area contributed by atoms with Crippen molar-refractivity contribution >= 4 is 39.8 Å². The fraction of sp³-hybridized carbons (Fsp3) is 0.0667. The highest BCUT2D eigenvalue weighted by Gasteiger charge is 2.17. The summed E-state index contributed by atoms with van der Waals surface area (Å²) in [6, 6.07) is 35.2. The van der Waals surface area contributed by atoms with Crippen molar-refractivity contribution in [3.63, 3.8) is 0 Å². The third kappa shape index (κ3) is 7.22. The van der Waals surface area contributed by atoms with Crippen LogP contribution in [0.1, 0.15) is 11.1 Å². The van der Waals surface area contributed by atoms with Crippen LogP contribution >= 0.6 is 27.7 Å². The number of para-hydroxylation sites is 1. The van der Waals surface area contributed by atoms with E-state index in [1.54, 1.807) is 6.21 Å². The van der Waals surface area contributed by atoms with Gasteiger partial charge in [-0.15, -0.1) is 10.2 Å². The molecule has 0 spiro atoms. The Morgan fingerprint density at radius 2 is 1.67 bits per heavy atom. The van der Waals surface area contributed by atoms with E-state index in [4.69, 9.17) is 4.74 Å². The molecule has 0 saturated heterocycles. The molecule has 0 radical (unpaired) electrons. The number of benzene rings is 4. The van der Waals surface area contributed by atoms with Crippen molar-refractivity contribution in [3.05, 3.63) is 125 Å². The Bertz CT molecular complexity index is 1560. The van der Waals surface area contributed by atoms with E-state index >= 15 is 0 Å². The molecule has 0 saturated carbocycles. The first-order valence-corrected chi connectivity index (χ1v) is 13.9. The van der Waals surface area contributed by atoms with Crippen molar-refractivity contribution in [1.82, 2.24) is 20.2 Å². The first-order valence-electron chi connectivity index (χ1n) is 12.1. The lowest BCUT2D eigenvalue weighted by molar-refractivity contribution is -0.118. The molecule has 1 amide bonds. The summed E-state index contributed by atoms with van der Waals surface area (Å²) in [5.41, 5.74) is 6.33. The van der Waals surface area contributed by atoms with Crippen LogP contribution in [-0.4, -0.2) is 32.6 Å². The Morgan fingerprint density at radius 3 is 2.44 bits per heavy atom. The van der Waals surface area contributed by atoms with Gasteiger partial charge in [0, 0.05) is 15.7 Å². The highest BCUT2D eigenvalue weighted by Crippen LogP contribution is 2.28. The van der Waals surface area contributed by atoms with Gasteiger partial charge in [-0.05, 0) is 47.5 Å². The molecule has 0 atom stereocenters. The maximum atomic E-state index is 12.6. The Balaban J connectivity index is 1.21. The molecular weight excluding hydrogens is 574 g/mol. The lowest BCUT2D eigenvalue weighted by atomic mass is 10.2. The van der Waals surface area contributed by atoms with Gasteiger partial charge in [-0.2, -0.15) is 5.10 Å². The molecule has 1 aromatic heterocycles. The Morgan fingerprint density at radius 1 is 0.923 bits per heavy atom. The van der Waals surface area contributed by atoms with E-state index in [9.17, 15) is 4.79 Å². The van der Waals surface area contributed by atoms with Crippen LogP contribution in [0.25, 0.3) is 17.1 Å². The number of thioether (sulfide) groups is 1. The molecule has 0 aliphatic heterocycles. The highest BCUT2D eigenvalue weighted by molar-refractivity contribution is 9.10. The summed E-state index contributed by atoms with van der Waals surface area (Å²) in [7, 11) is 0. The van der Waals surface area contributed by atoms with E-state index in [2.05, 4.69) is 36.7 Å². The van der Waals surface area contributed by atoms with Crippen LogP contribution < -0.4 is 10.2 Å². The van der Waals surface area contributed by atoms with Crippen LogP contribution in [0.2, 0.25) is 0 Å². The monoisotopic (exact) mass is 597 g/mol. The van der Waals surface area contributed by atoms with Crippen molar-refractivity contribution in [2.24, 2.45) is 5.10 Å². The molecule has 0 fully saturated rings. The largest absolute Gasteiger partial charge is 0.489 e. The minimum Gasteiger partial charge on any atom is -0.489 e. The summed E-state index contributed by atoms with van der Waals surface area (Å²) in [4.78, 5) is 12.6. The zero-order chi connectivity index (χ0) is 26.9. The number of rotatable bonds is 10. The molecular formula is C30H24BrN5O2S. The van der Waals surface area contributed by atoms with Crippen LogP contribution in [0.4, 0.5) is 0 Å². The Labute approximate surface area is 239 Å². The number of ether oxygens (including phenoxy) is 1. The lowest BCUT2D eigenvalue weighted by Crippen LogP contribution is -2.20. The van der Waals surface area contributed by atoms with Crippen molar-refractivity contribution in [1.29, 1.82) is 0 Å². The maximum absolute atomic E-state index is 12.6. The van der Waals surface area contributed by atoms with E-state index < -0.39 is 0 Å². The number of halogens is 1. The average molecular weight is 599 g/mol. The van der Waals surface area contributed by atoms with E-state index in [1.165, 1.54) is 11.8 Å². The predicted octanol–water partition coefficient (Wildman–Crippen LogP) is 6.52. The molecule has 5 aromatic rings. The van der Waals surface area contributed by atoms with E-state index in [-0.39, 0.29) is 11.7 Å². The van der Waals surface area contributed by atoms with Gasteiger partial charge in [0.25, 0.3) is 5.91 Å². The van der Waals surface area contributed by atoms with Gasteiger partial charge in [-0.3, -0.25) is 9.36 Å². The highest BCUT2D eigenvalue weighted by atomic mass is 79.9. The van der Waals surface area contributed by atoms with Crippen molar-refractivity contribution in [2.45, 2.75) is 11.8 Å². The number of nitrogens with one attached hydrogen (secondary N) is 1. The van der Waals surface area contributed by atoms with Crippen LogP contribution in [0.5, 0.6) is 5.75 Å². The molecule has 0 unspecified atom stereocenters. The summed E-state index contributed by atoms with van der Waals surface area (Å²) < 4.78 is 8.80. The average Bonchev–Trinajstić information content (AvgIpc) is 3.41. The van der Waals surface area contributed by atoms with Crippen molar-refractivity contribution < 1.29 is 9.53 Å². The number of amides is 1. The number of carbonyl (C=O) groups is 1. The van der Waals surface area contributed by atoms with E-state index in [0.717, 1.165) is 32.6 Å². The number of carbonyl (C=O) groups excluding carboxylic acids is 1. The van der Waals surface area contributed by atoms with Gasteiger partial charge < -0.3 is 4.74 Å². The Hall–Kier alpha value is -4.21. The topological polar surface area (TPSA) is 81.4 Å². The summed E-state index contributed by atoms with van der Waals surface area (Å²) in [5.74, 6) is 1.30. The summed E-state index contributed by atoms with van der Waals surface area (Å²) in [6.45, 7) is 0.479. The quantitative estimate of drug-likeness (QED) is 0.113. The third-order valence-electron chi connectivity index (χ3n) is 5.59. The van der Waals surface area contributed by atoms with Gasteiger partial charge in [0.2, 0.25) is 0 Å². The van der Waals surface area contributed by atoms with Crippen LogP contribution in [0, 0.1) is 0 Å². The van der Waals surface area contributed by atoms with E-state index in [1.807, 2.05) is 114 Å². The molecule has 39 heavy (non-hydrogen) atoms. The molecule has 7 nitrogen and oxygen atoms in total. The molecule has 0 aliphatic carbocycles. The van der Waals surface area contributed by atoms with Gasteiger partial charge in [0.05, 0.1) is 12.0 Å². The molecule has 0 bridgehead atoms. The van der Waals surface area contributed by atoms with Gasteiger partial charge in [-0.1, -0.05) is 100 Å².